The quantitative estimate of drug-likeness (QED) is 0.800. The Morgan fingerprint density at radius 2 is 1.89 bits per heavy atom. The first-order valence-corrected chi connectivity index (χ1v) is 6.09. The molecule has 0 saturated heterocycles. The van der Waals surface area contributed by atoms with E-state index in [9.17, 15) is 9.59 Å². The smallest absolute Gasteiger partial charge is 0.257 e. The Morgan fingerprint density at radius 1 is 1.22 bits per heavy atom. The molecule has 0 unspecified atom stereocenters. The maximum atomic E-state index is 11.2. The summed E-state index contributed by atoms with van der Waals surface area (Å²) in [5, 5.41) is 2.66. The molecule has 1 aromatic carbocycles. The second-order valence-electron chi connectivity index (χ2n) is 4.09. The first-order chi connectivity index (χ1) is 8.61. The van der Waals surface area contributed by atoms with Crippen LogP contribution >= 0.6 is 0 Å². The van der Waals surface area contributed by atoms with Crippen LogP contribution in [0.5, 0.6) is 5.75 Å². The second-order valence-corrected chi connectivity index (χ2v) is 4.09. The Kier molecular flexibility index (Phi) is 5.91. The summed E-state index contributed by atoms with van der Waals surface area (Å²) < 4.78 is 5.32. The molecule has 0 aromatic heterocycles. The van der Waals surface area contributed by atoms with Gasteiger partial charge in [0, 0.05) is 13.0 Å². The topological polar surface area (TPSA) is 55.4 Å². The maximum Gasteiger partial charge on any atom is 0.257 e. The standard InChI is InChI=1S/C14H19NO3/c1-3-15-14(17)10-18-13-8-6-12(7-9-13)5-4-11(2)16/h6-9H,3-5,10H2,1-2H3,(H,15,17). The van der Waals surface area contributed by atoms with Gasteiger partial charge in [0.2, 0.25) is 0 Å². The van der Waals surface area contributed by atoms with Crippen LogP contribution in [0.4, 0.5) is 0 Å². The summed E-state index contributed by atoms with van der Waals surface area (Å²) in [4.78, 5) is 22.0. The minimum Gasteiger partial charge on any atom is -0.484 e. The van der Waals surface area contributed by atoms with E-state index in [2.05, 4.69) is 5.32 Å². The Labute approximate surface area is 107 Å². The fourth-order valence-electron chi connectivity index (χ4n) is 1.47. The lowest BCUT2D eigenvalue weighted by atomic mass is 10.1. The molecule has 0 bridgehead atoms. The van der Waals surface area contributed by atoms with E-state index in [1.54, 1.807) is 6.92 Å². The third kappa shape index (κ3) is 5.48. The molecule has 0 saturated carbocycles. The number of hydrogen-bond acceptors (Lipinski definition) is 3. The number of benzene rings is 1. The van der Waals surface area contributed by atoms with Gasteiger partial charge in [0.05, 0.1) is 0 Å². The lowest BCUT2D eigenvalue weighted by Crippen LogP contribution is -2.28. The van der Waals surface area contributed by atoms with E-state index in [1.807, 2.05) is 31.2 Å². The first kappa shape index (κ1) is 14.2. The fourth-order valence-corrected chi connectivity index (χ4v) is 1.47. The predicted molar refractivity (Wildman–Crippen MR) is 69.6 cm³/mol. The predicted octanol–water partition coefficient (Wildman–Crippen LogP) is 1.72. The molecule has 18 heavy (non-hydrogen) atoms. The molecule has 1 rings (SSSR count). The largest absolute Gasteiger partial charge is 0.484 e. The van der Waals surface area contributed by atoms with Crippen LogP contribution in [0.1, 0.15) is 25.8 Å². The number of ether oxygens (including phenoxy) is 1. The SMILES string of the molecule is CCNC(=O)COc1ccc(CCC(C)=O)cc1. The Balaban J connectivity index is 2.40. The van der Waals surface area contributed by atoms with Gasteiger partial charge in [-0.05, 0) is 38.0 Å². The van der Waals surface area contributed by atoms with Crippen molar-refractivity contribution in [1.82, 2.24) is 5.32 Å². The molecule has 1 aromatic rings. The van der Waals surface area contributed by atoms with Crippen molar-refractivity contribution in [2.45, 2.75) is 26.7 Å². The zero-order valence-electron chi connectivity index (χ0n) is 10.9. The summed E-state index contributed by atoms with van der Waals surface area (Å²) in [6, 6.07) is 7.45. The summed E-state index contributed by atoms with van der Waals surface area (Å²) in [6.07, 6.45) is 1.30. The van der Waals surface area contributed by atoms with E-state index in [0.29, 0.717) is 18.7 Å². The average molecular weight is 249 g/mol. The number of likely N-dealkylation sites (N-methyl/N-ethyl adjacent to an activating group) is 1. The van der Waals surface area contributed by atoms with E-state index in [-0.39, 0.29) is 18.3 Å². The van der Waals surface area contributed by atoms with Crippen LogP contribution in [0.15, 0.2) is 24.3 Å². The molecule has 1 amide bonds. The lowest BCUT2D eigenvalue weighted by molar-refractivity contribution is -0.123. The minimum absolute atomic E-state index is 0.0284. The van der Waals surface area contributed by atoms with Gasteiger partial charge in [-0.3, -0.25) is 4.79 Å². The molecule has 0 fully saturated rings. The molecule has 0 aliphatic heterocycles. The highest BCUT2D eigenvalue weighted by Gasteiger charge is 2.01. The normalized spacial score (nSPS) is 9.89. The van der Waals surface area contributed by atoms with Crippen molar-refractivity contribution in [2.24, 2.45) is 0 Å². The number of ketones is 1. The van der Waals surface area contributed by atoms with Crippen molar-refractivity contribution in [3.8, 4) is 5.75 Å². The van der Waals surface area contributed by atoms with Crippen molar-refractivity contribution in [2.75, 3.05) is 13.2 Å². The molecule has 4 nitrogen and oxygen atoms in total. The van der Waals surface area contributed by atoms with Crippen molar-refractivity contribution < 1.29 is 14.3 Å². The van der Waals surface area contributed by atoms with Crippen molar-refractivity contribution in [3.63, 3.8) is 0 Å². The van der Waals surface area contributed by atoms with E-state index in [1.165, 1.54) is 0 Å². The van der Waals surface area contributed by atoms with E-state index < -0.39 is 0 Å². The second kappa shape index (κ2) is 7.48. The minimum atomic E-state index is -0.127. The average Bonchev–Trinajstić information content (AvgIpc) is 2.35. The van der Waals surface area contributed by atoms with E-state index >= 15 is 0 Å². The molecule has 98 valence electrons. The van der Waals surface area contributed by atoms with Crippen LogP contribution < -0.4 is 10.1 Å². The van der Waals surface area contributed by atoms with E-state index in [4.69, 9.17) is 4.74 Å². The summed E-state index contributed by atoms with van der Waals surface area (Å²) in [5.74, 6) is 0.720. The Hall–Kier alpha value is -1.84. The Morgan fingerprint density at radius 3 is 2.44 bits per heavy atom. The van der Waals surface area contributed by atoms with Crippen LogP contribution in [-0.4, -0.2) is 24.8 Å². The number of Topliss-reactive ketones (excluding diaryl/α,β-unsaturated/α-hetero) is 1. The fraction of sp³-hybridized carbons (Fsp3) is 0.429. The van der Waals surface area contributed by atoms with Gasteiger partial charge in [-0.15, -0.1) is 0 Å². The van der Waals surface area contributed by atoms with Gasteiger partial charge in [-0.1, -0.05) is 12.1 Å². The third-order valence-electron chi connectivity index (χ3n) is 2.43. The van der Waals surface area contributed by atoms with Gasteiger partial charge in [0.25, 0.3) is 5.91 Å². The molecule has 0 spiro atoms. The zero-order chi connectivity index (χ0) is 13.4. The number of hydrogen-bond donors (Lipinski definition) is 1. The van der Waals surface area contributed by atoms with Crippen LogP contribution in [0, 0.1) is 0 Å². The highest BCUT2D eigenvalue weighted by Crippen LogP contribution is 2.13. The zero-order valence-corrected chi connectivity index (χ0v) is 10.9. The number of amides is 1. The molecular formula is C14H19NO3. The summed E-state index contributed by atoms with van der Waals surface area (Å²) in [7, 11) is 0. The van der Waals surface area contributed by atoms with Gasteiger partial charge >= 0.3 is 0 Å². The monoisotopic (exact) mass is 249 g/mol. The molecule has 1 N–H and O–H groups in total. The number of aryl methyl sites for hydroxylation is 1. The lowest BCUT2D eigenvalue weighted by Gasteiger charge is -2.07. The highest BCUT2D eigenvalue weighted by atomic mass is 16.5. The summed E-state index contributed by atoms with van der Waals surface area (Å²) in [5.41, 5.74) is 1.09. The van der Waals surface area contributed by atoms with Crippen LogP contribution in [0.3, 0.4) is 0 Å². The van der Waals surface area contributed by atoms with Gasteiger partial charge in [-0.2, -0.15) is 0 Å². The summed E-state index contributed by atoms with van der Waals surface area (Å²) >= 11 is 0. The first-order valence-electron chi connectivity index (χ1n) is 6.09. The third-order valence-corrected chi connectivity index (χ3v) is 2.43. The highest BCUT2D eigenvalue weighted by molar-refractivity contribution is 5.77. The van der Waals surface area contributed by atoms with Crippen LogP contribution in [-0.2, 0) is 16.0 Å². The van der Waals surface area contributed by atoms with Crippen molar-refractivity contribution in [1.29, 1.82) is 0 Å². The van der Waals surface area contributed by atoms with Crippen molar-refractivity contribution in [3.05, 3.63) is 29.8 Å². The number of carbonyl (C=O) groups is 2. The molecule has 0 heterocycles. The van der Waals surface area contributed by atoms with Gasteiger partial charge in [0.1, 0.15) is 11.5 Å². The molecule has 0 atom stereocenters. The number of carbonyl (C=O) groups excluding carboxylic acids is 2. The van der Waals surface area contributed by atoms with Crippen LogP contribution in [0.2, 0.25) is 0 Å². The molecular weight excluding hydrogens is 230 g/mol. The van der Waals surface area contributed by atoms with Gasteiger partial charge < -0.3 is 14.8 Å². The van der Waals surface area contributed by atoms with Gasteiger partial charge in [0.15, 0.2) is 6.61 Å². The van der Waals surface area contributed by atoms with Gasteiger partial charge in [-0.25, -0.2) is 0 Å². The molecule has 0 radical (unpaired) electrons. The molecule has 0 aliphatic carbocycles. The molecule has 0 aliphatic rings. The van der Waals surface area contributed by atoms with Crippen LogP contribution in [0.25, 0.3) is 0 Å². The Bertz CT molecular complexity index is 398. The maximum absolute atomic E-state index is 11.2. The number of nitrogens with one attached hydrogen (secondary N) is 1. The number of rotatable bonds is 7. The molecule has 4 heteroatoms. The van der Waals surface area contributed by atoms with E-state index in [0.717, 1.165) is 12.0 Å². The summed E-state index contributed by atoms with van der Waals surface area (Å²) in [6.45, 7) is 4.08. The van der Waals surface area contributed by atoms with Crippen molar-refractivity contribution >= 4 is 11.7 Å².